The van der Waals surface area contributed by atoms with E-state index in [4.69, 9.17) is 0 Å². The number of nitrogens with zero attached hydrogens (tertiary/aromatic N) is 1. The zero-order valence-electron chi connectivity index (χ0n) is 17.4. The lowest BCUT2D eigenvalue weighted by Crippen LogP contribution is -2.41. The predicted octanol–water partition coefficient (Wildman–Crippen LogP) is 4.36. The molecule has 2 aromatic rings. The summed E-state index contributed by atoms with van der Waals surface area (Å²) in [6.45, 7) is 0.0701. The molecule has 0 aliphatic heterocycles. The van der Waals surface area contributed by atoms with Crippen LogP contribution in [0.25, 0.3) is 0 Å². The molecule has 6 nitrogen and oxygen atoms in total. The molecule has 34 heavy (non-hydrogen) atoms. The largest absolute Gasteiger partial charge is 0.418 e. The summed E-state index contributed by atoms with van der Waals surface area (Å²) in [5, 5.41) is 4.85. The van der Waals surface area contributed by atoms with E-state index in [1.54, 1.807) is 0 Å². The van der Waals surface area contributed by atoms with Crippen LogP contribution in [-0.2, 0) is 22.6 Å². The number of hydrogen-bond acceptors (Lipinski definition) is 4. The Labute approximate surface area is 191 Å². The van der Waals surface area contributed by atoms with Crippen molar-refractivity contribution >= 4 is 21.2 Å². The maximum absolute atomic E-state index is 13.6. The molecule has 3 rings (SSSR count). The van der Waals surface area contributed by atoms with E-state index in [1.165, 1.54) is 0 Å². The van der Waals surface area contributed by atoms with Crippen LogP contribution in [0.4, 0.5) is 31.1 Å². The average molecular weight is 507 g/mol. The van der Waals surface area contributed by atoms with Gasteiger partial charge in [-0.05, 0) is 55.0 Å². The molecule has 1 fully saturated rings. The Hall–Kier alpha value is -3.09. The number of pyridine rings is 1. The summed E-state index contributed by atoms with van der Waals surface area (Å²) in [5.41, 5.74) is -2.76. The molecular formula is C21H19F6N3O3S. The fraction of sp³-hybridized carbons (Fsp3) is 0.381. The van der Waals surface area contributed by atoms with Gasteiger partial charge in [-0.25, -0.2) is 4.79 Å². The first-order valence-electron chi connectivity index (χ1n) is 10.0. The van der Waals surface area contributed by atoms with Crippen LogP contribution in [0.3, 0.4) is 0 Å². The Morgan fingerprint density at radius 2 is 1.74 bits per heavy atom. The highest BCUT2D eigenvalue weighted by molar-refractivity contribution is 7.73. The van der Waals surface area contributed by atoms with E-state index in [-0.39, 0.29) is 24.4 Å². The summed E-state index contributed by atoms with van der Waals surface area (Å²) in [6.07, 6.45) is -7.25. The highest BCUT2D eigenvalue weighted by Crippen LogP contribution is 2.36. The Kier molecular flexibility index (Phi) is 7.54. The Bertz CT molecular complexity index is 1170. The van der Waals surface area contributed by atoms with Crippen molar-refractivity contribution < 1.29 is 39.6 Å². The van der Waals surface area contributed by atoms with Gasteiger partial charge in [-0.2, -0.15) is 34.8 Å². The number of aromatic nitrogens is 1. The topological polar surface area (TPSA) is 88.2 Å². The number of carbonyl (C=O) groups excluding carboxylic acids is 1. The van der Waals surface area contributed by atoms with Crippen molar-refractivity contribution in [3.05, 3.63) is 65.0 Å². The number of nitrogens with one attached hydrogen (secondary N) is 2. The Morgan fingerprint density at radius 1 is 1.06 bits per heavy atom. The van der Waals surface area contributed by atoms with Crippen LogP contribution in [-0.4, -0.2) is 30.8 Å². The summed E-state index contributed by atoms with van der Waals surface area (Å²) in [6, 6.07) is 2.81. The van der Waals surface area contributed by atoms with Gasteiger partial charge in [-0.15, -0.1) is 0 Å². The second-order valence-electron chi connectivity index (χ2n) is 7.72. The number of halogens is 6. The van der Waals surface area contributed by atoms with Crippen molar-refractivity contribution in [3.63, 3.8) is 0 Å². The first-order valence-corrected chi connectivity index (χ1v) is 11.1. The lowest BCUT2D eigenvalue weighted by molar-refractivity contribution is -0.139. The standard InChI is InChI=1S/C21H19F6N3O3S/c22-20(23,24)14-6-4-13(5-7-14)17(18-16(21(25,26)27)2-1-9-28-18)30-19(31)29-11-12-3-8-15(10-12)34(32)33/h1-2,4-7,9,12,17H,3,8,10-11H2,(H2,29,30,31)/t12?,17-/m0/s1. The normalized spacial score (nSPS) is 17.4. The fourth-order valence-electron chi connectivity index (χ4n) is 3.70. The molecule has 2 N–H and O–H groups in total. The number of urea groups is 1. The van der Waals surface area contributed by atoms with E-state index in [0.717, 1.165) is 30.5 Å². The molecule has 0 saturated heterocycles. The number of hydrogen-bond donors (Lipinski definition) is 2. The lowest BCUT2D eigenvalue weighted by Gasteiger charge is -2.23. The minimum atomic E-state index is -4.82. The molecule has 13 heteroatoms. The van der Waals surface area contributed by atoms with E-state index in [0.29, 0.717) is 29.8 Å². The SMILES string of the molecule is O=C(NCC1CCC(=S(=O)=O)C1)N[C@@H](c1ccc(C(F)(F)F)cc1)c1ncccc1C(F)(F)F. The van der Waals surface area contributed by atoms with Gasteiger partial charge >= 0.3 is 18.4 Å². The zero-order valence-corrected chi connectivity index (χ0v) is 18.2. The maximum Gasteiger partial charge on any atom is 0.418 e. The second kappa shape index (κ2) is 10.0. The van der Waals surface area contributed by atoms with Crippen molar-refractivity contribution in [2.75, 3.05) is 6.54 Å². The smallest absolute Gasteiger partial charge is 0.338 e. The molecule has 1 aliphatic rings. The van der Waals surface area contributed by atoms with E-state index in [2.05, 4.69) is 15.6 Å². The third-order valence-corrected chi connectivity index (χ3v) is 6.24. The van der Waals surface area contributed by atoms with E-state index < -0.39 is 51.5 Å². The third kappa shape index (κ3) is 6.27. The number of alkyl halides is 6. The van der Waals surface area contributed by atoms with Crippen molar-refractivity contribution in [1.82, 2.24) is 15.6 Å². The van der Waals surface area contributed by atoms with Crippen LogP contribution < -0.4 is 10.6 Å². The Morgan fingerprint density at radius 3 is 2.29 bits per heavy atom. The van der Waals surface area contributed by atoms with Crippen molar-refractivity contribution in [2.45, 2.75) is 37.7 Å². The van der Waals surface area contributed by atoms with Crippen LogP contribution in [0, 0.1) is 5.92 Å². The maximum atomic E-state index is 13.6. The van der Waals surface area contributed by atoms with E-state index >= 15 is 0 Å². The summed E-state index contributed by atoms with van der Waals surface area (Å²) >= 11 is 0. The molecule has 0 spiro atoms. The summed E-state index contributed by atoms with van der Waals surface area (Å²) in [4.78, 5) is 16.6. The van der Waals surface area contributed by atoms with Crippen molar-refractivity contribution in [3.8, 4) is 0 Å². The minimum absolute atomic E-state index is 0.0365. The molecule has 1 saturated carbocycles. The van der Waals surface area contributed by atoms with Gasteiger partial charge in [0.1, 0.15) is 0 Å². The molecule has 0 radical (unpaired) electrons. The average Bonchev–Trinajstić information content (AvgIpc) is 3.24. The van der Waals surface area contributed by atoms with Crippen molar-refractivity contribution in [2.24, 2.45) is 5.92 Å². The van der Waals surface area contributed by atoms with Gasteiger partial charge in [0, 0.05) is 17.6 Å². The first-order chi connectivity index (χ1) is 15.9. The molecule has 2 atom stereocenters. The van der Waals surface area contributed by atoms with E-state index in [1.807, 2.05) is 0 Å². The van der Waals surface area contributed by atoms with E-state index in [9.17, 15) is 39.6 Å². The quantitative estimate of drug-likeness (QED) is 0.465. The van der Waals surface area contributed by atoms with Crippen LogP contribution in [0.5, 0.6) is 0 Å². The molecule has 1 aliphatic carbocycles. The molecule has 184 valence electrons. The summed E-state index contributed by atoms with van der Waals surface area (Å²) in [7, 11) is -2.31. The van der Waals surface area contributed by atoms with Gasteiger partial charge in [0.2, 0.25) is 10.3 Å². The fourth-order valence-corrected chi connectivity index (χ4v) is 4.35. The van der Waals surface area contributed by atoms with Gasteiger partial charge in [0.25, 0.3) is 0 Å². The Balaban J connectivity index is 1.86. The minimum Gasteiger partial charge on any atom is -0.338 e. The molecule has 1 unspecified atom stereocenters. The predicted molar refractivity (Wildman–Crippen MR) is 110 cm³/mol. The van der Waals surface area contributed by atoms with Crippen LogP contribution >= 0.6 is 0 Å². The second-order valence-corrected chi connectivity index (χ2v) is 8.77. The highest BCUT2D eigenvalue weighted by atomic mass is 32.2. The van der Waals surface area contributed by atoms with Gasteiger partial charge in [0.05, 0.1) is 22.9 Å². The molecular weight excluding hydrogens is 488 g/mol. The van der Waals surface area contributed by atoms with Crippen LogP contribution in [0.15, 0.2) is 42.6 Å². The van der Waals surface area contributed by atoms with Crippen LogP contribution in [0.2, 0.25) is 0 Å². The third-order valence-electron chi connectivity index (χ3n) is 5.40. The number of benzene rings is 1. The van der Waals surface area contributed by atoms with Crippen LogP contribution in [0.1, 0.15) is 47.7 Å². The highest BCUT2D eigenvalue weighted by Gasteiger charge is 2.37. The molecule has 1 aromatic heterocycles. The number of rotatable bonds is 5. The molecule has 1 aromatic carbocycles. The molecule has 0 bridgehead atoms. The van der Waals surface area contributed by atoms with Gasteiger partial charge in [0.15, 0.2) is 0 Å². The van der Waals surface area contributed by atoms with Gasteiger partial charge < -0.3 is 10.6 Å². The van der Waals surface area contributed by atoms with Crippen molar-refractivity contribution in [1.29, 1.82) is 0 Å². The lowest BCUT2D eigenvalue weighted by atomic mass is 9.98. The summed E-state index contributed by atoms with van der Waals surface area (Å²) in [5.74, 6) is -0.163. The molecule has 2 amide bonds. The number of carbonyl (C=O) groups is 1. The zero-order chi connectivity index (χ0) is 25.1. The van der Waals surface area contributed by atoms with Gasteiger partial charge in [-0.1, -0.05) is 12.1 Å². The molecule has 1 heterocycles. The monoisotopic (exact) mass is 507 g/mol. The number of amides is 2. The van der Waals surface area contributed by atoms with Gasteiger partial charge in [-0.3, -0.25) is 4.98 Å². The first kappa shape index (κ1) is 25.5. The summed E-state index contributed by atoms with van der Waals surface area (Å²) < 4.78 is 102.